The first kappa shape index (κ1) is 13.4. The summed E-state index contributed by atoms with van der Waals surface area (Å²) in [4.78, 5) is 11.6. The van der Waals surface area contributed by atoms with Gasteiger partial charge in [0.1, 0.15) is 5.76 Å². The maximum Gasteiger partial charge on any atom is 0.221 e. The third kappa shape index (κ3) is 4.97. The van der Waals surface area contributed by atoms with E-state index in [-0.39, 0.29) is 5.91 Å². The van der Waals surface area contributed by atoms with Crippen LogP contribution in [-0.4, -0.2) is 12.5 Å². The molecule has 0 fully saturated rings. The van der Waals surface area contributed by atoms with Crippen LogP contribution in [0.15, 0.2) is 53.1 Å². The highest BCUT2D eigenvalue weighted by molar-refractivity contribution is 5.76. The Bertz CT molecular complexity index is 480. The second-order valence-electron chi connectivity index (χ2n) is 4.27. The van der Waals surface area contributed by atoms with Gasteiger partial charge in [0.25, 0.3) is 0 Å². The fourth-order valence-electron chi connectivity index (χ4n) is 1.71. The molecule has 0 saturated carbocycles. The van der Waals surface area contributed by atoms with E-state index in [0.29, 0.717) is 26.1 Å². The van der Waals surface area contributed by atoms with Crippen LogP contribution < -0.4 is 10.6 Å². The maximum absolute atomic E-state index is 11.6. The van der Waals surface area contributed by atoms with Gasteiger partial charge in [-0.25, -0.2) is 0 Å². The van der Waals surface area contributed by atoms with E-state index in [1.165, 1.54) is 0 Å². The lowest BCUT2D eigenvalue weighted by molar-refractivity contribution is -0.121. The van der Waals surface area contributed by atoms with E-state index in [1.807, 2.05) is 42.5 Å². The summed E-state index contributed by atoms with van der Waals surface area (Å²) in [5.41, 5.74) is 1.11. The van der Waals surface area contributed by atoms with Crippen molar-refractivity contribution in [2.45, 2.75) is 19.5 Å². The number of hydrogen-bond acceptors (Lipinski definition) is 3. The Balaban J connectivity index is 1.57. The molecule has 2 aromatic rings. The molecule has 0 aliphatic rings. The average molecular weight is 258 g/mol. The van der Waals surface area contributed by atoms with Gasteiger partial charge in [0, 0.05) is 19.5 Å². The smallest absolute Gasteiger partial charge is 0.221 e. The van der Waals surface area contributed by atoms with E-state index in [4.69, 9.17) is 4.42 Å². The summed E-state index contributed by atoms with van der Waals surface area (Å²) in [6.45, 7) is 1.87. The molecule has 4 nitrogen and oxygen atoms in total. The Morgan fingerprint density at radius 1 is 1.05 bits per heavy atom. The third-order valence-electron chi connectivity index (χ3n) is 2.74. The molecule has 0 radical (unpaired) electrons. The highest BCUT2D eigenvalue weighted by Gasteiger charge is 2.01. The monoisotopic (exact) mass is 258 g/mol. The Hall–Kier alpha value is -2.07. The van der Waals surface area contributed by atoms with Gasteiger partial charge in [0.2, 0.25) is 5.91 Å². The van der Waals surface area contributed by atoms with E-state index in [9.17, 15) is 4.79 Å². The summed E-state index contributed by atoms with van der Waals surface area (Å²) >= 11 is 0. The molecule has 100 valence electrons. The molecule has 0 spiro atoms. The van der Waals surface area contributed by atoms with Gasteiger partial charge < -0.3 is 15.1 Å². The predicted octanol–water partition coefficient (Wildman–Crippen LogP) is 2.08. The highest BCUT2D eigenvalue weighted by atomic mass is 16.3. The van der Waals surface area contributed by atoms with Crippen molar-refractivity contribution in [1.29, 1.82) is 0 Å². The molecule has 1 aromatic carbocycles. The summed E-state index contributed by atoms with van der Waals surface area (Å²) in [7, 11) is 0. The van der Waals surface area contributed by atoms with Gasteiger partial charge in [-0.15, -0.1) is 0 Å². The molecular formula is C15H18N2O2. The van der Waals surface area contributed by atoms with Gasteiger partial charge in [0.05, 0.1) is 12.8 Å². The van der Waals surface area contributed by atoms with E-state index >= 15 is 0 Å². The summed E-state index contributed by atoms with van der Waals surface area (Å²) in [6.07, 6.45) is 2.11. The minimum Gasteiger partial charge on any atom is -0.468 e. The fourth-order valence-corrected chi connectivity index (χ4v) is 1.71. The standard InChI is InChI=1S/C15H18N2O2/c18-15(17-11-13-5-2-1-3-6-13)8-9-16-12-14-7-4-10-19-14/h1-7,10,16H,8-9,11-12H2,(H,17,18). The molecular weight excluding hydrogens is 240 g/mol. The summed E-state index contributed by atoms with van der Waals surface area (Å²) in [6, 6.07) is 13.6. The summed E-state index contributed by atoms with van der Waals surface area (Å²) in [5.74, 6) is 0.931. The second kappa shape index (κ2) is 7.38. The van der Waals surface area contributed by atoms with E-state index in [0.717, 1.165) is 11.3 Å². The first-order chi connectivity index (χ1) is 9.34. The number of benzene rings is 1. The summed E-state index contributed by atoms with van der Waals surface area (Å²) < 4.78 is 5.18. The zero-order valence-electron chi connectivity index (χ0n) is 10.8. The van der Waals surface area contributed by atoms with Crippen LogP contribution in [0.1, 0.15) is 17.7 Å². The number of furan rings is 1. The molecule has 0 bridgehead atoms. The van der Waals surface area contributed by atoms with Crippen LogP contribution in [-0.2, 0) is 17.9 Å². The van der Waals surface area contributed by atoms with Crippen LogP contribution >= 0.6 is 0 Å². The Morgan fingerprint density at radius 3 is 2.63 bits per heavy atom. The number of carbonyl (C=O) groups is 1. The van der Waals surface area contributed by atoms with Crippen molar-refractivity contribution in [2.24, 2.45) is 0 Å². The number of hydrogen-bond donors (Lipinski definition) is 2. The van der Waals surface area contributed by atoms with Crippen molar-refractivity contribution < 1.29 is 9.21 Å². The van der Waals surface area contributed by atoms with Crippen LogP contribution in [0.4, 0.5) is 0 Å². The molecule has 0 saturated heterocycles. The minimum atomic E-state index is 0.0517. The van der Waals surface area contributed by atoms with Crippen LogP contribution in [0, 0.1) is 0 Å². The van der Waals surface area contributed by atoms with Crippen molar-refractivity contribution in [3.05, 3.63) is 60.1 Å². The highest BCUT2D eigenvalue weighted by Crippen LogP contribution is 1.99. The van der Waals surface area contributed by atoms with Crippen molar-refractivity contribution in [1.82, 2.24) is 10.6 Å². The first-order valence-electron chi connectivity index (χ1n) is 6.38. The lowest BCUT2D eigenvalue weighted by Gasteiger charge is -2.06. The first-order valence-corrected chi connectivity index (χ1v) is 6.38. The van der Waals surface area contributed by atoms with E-state index in [2.05, 4.69) is 10.6 Å². The fraction of sp³-hybridized carbons (Fsp3) is 0.267. The molecule has 1 aromatic heterocycles. The number of amides is 1. The predicted molar refractivity (Wildman–Crippen MR) is 73.3 cm³/mol. The van der Waals surface area contributed by atoms with Crippen molar-refractivity contribution in [3.8, 4) is 0 Å². The molecule has 2 rings (SSSR count). The summed E-state index contributed by atoms with van der Waals surface area (Å²) in [5, 5.41) is 6.05. The number of rotatable bonds is 7. The second-order valence-corrected chi connectivity index (χ2v) is 4.27. The van der Waals surface area contributed by atoms with Crippen LogP contribution in [0.2, 0.25) is 0 Å². The normalized spacial score (nSPS) is 10.3. The van der Waals surface area contributed by atoms with Crippen LogP contribution in [0.5, 0.6) is 0 Å². The topological polar surface area (TPSA) is 54.3 Å². The van der Waals surface area contributed by atoms with Gasteiger partial charge in [0.15, 0.2) is 0 Å². The average Bonchev–Trinajstić information content (AvgIpc) is 2.96. The van der Waals surface area contributed by atoms with Crippen molar-refractivity contribution in [2.75, 3.05) is 6.54 Å². The maximum atomic E-state index is 11.6. The van der Waals surface area contributed by atoms with E-state index < -0.39 is 0 Å². The minimum absolute atomic E-state index is 0.0517. The lowest BCUT2D eigenvalue weighted by Crippen LogP contribution is -2.27. The van der Waals surface area contributed by atoms with Crippen molar-refractivity contribution in [3.63, 3.8) is 0 Å². The molecule has 0 aliphatic carbocycles. The lowest BCUT2D eigenvalue weighted by atomic mass is 10.2. The van der Waals surface area contributed by atoms with E-state index in [1.54, 1.807) is 6.26 Å². The zero-order chi connectivity index (χ0) is 13.3. The third-order valence-corrected chi connectivity index (χ3v) is 2.74. The van der Waals surface area contributed by atoms with Gasteiger partial charge in [-0.1, -0.05) is 30.3 Å². The molecule has 19 heavy (non-hydrogen) atoms. The number of nitrogens with one attached hydrogen (secondary N) is 2. The SMILES string of the molecule is O=C(CCNCc1ccco1)NCc1ccccc1. The largest absolute Gasteiger partial charge is 0.468 e. The number of carbonyl (C=O) groups excluding carboxylic acids is 1. The molecule has 2 N–H and O–H groups in total. The quantitative estimate of drug-likeness (QED) is 0.748. The van der Waals surface area contributed by atoms with Crippen LogP contribution in [0.3, 0.4) is 0 Å². The molecule has 0 unspecified atom stereocenters. The molecule has 4 heteroatoms. The molecule has 1 amide bonds. The zero-order valence-corrected chi connectivity index (χ0v) is 10.8. The molecule has 1 heterocycles. The van der Waals surface area contributed by atoms with Gasteiger partial charge in [-0.05, 0) is 17.7 Å². The van der Waals surface area contributed by atoms with Gasteiger partial charge in [-0.3, -0.25) is 4.79 Å². The van der Waals surface area contributed by atoms with Crippen LogP contribution in [0.25, 0.3) is 0 Å². The van der Waals surface area contributed by atoms with Gasteiger partial charge >= 0.3 is 0 Å². The Morgan fingerprint density at radius 2 is 1.89 bits per heavy atom. The molecule has 0 atom stereocenters. The van der Waals surface area contributed by atoms with Gasteiger partial charge in [-0.2, -0.15) is 0 Å². The Kier molecular flexibility index (Phi) is 5.19. The molecule has 0 aliphatic heterocycles. The van der Waals surface area contributed by atoms with Crippen molar-refractivity contribution >= 4 is 5.91 Å². The Labute approximate surface area is 112 Å².